The predicted molar refractivity (Wildman–Crippen MR) is 92.9 cm³/mol. The summed E-state index contributed by atoms with van der Waals surface area (Å²) in [7, 11) is -3.33. The zero-order chi connectivity index (χ0) is 18.6. The third-order valence-electron chi connectivity index (χ3n) is 3.29. The maximum Gasteiger partial charge on any atom is 0.341 e. The third-order valence-corrected chi connectivity index (χ3v) is 6.06. The number of sulfone groups is 1. The van der Waals surface area contributed by atoms with Crippen molar-refractivity contribution in [3.63, 3.8) is 0 Å². The molecule has 0 bridgehead atoms. The van der Waals surface area contributed by atoms with Crippen LogP contribution in [-0.2, 0) is 14.6 Å². The Labute approximate surface area is 149 Å². The van der Waals surface area contributed by atoms with Gasteiger partial charge < -0.3 is 15.2 Å². The number of carboxylic acids is 1. The average Bonchev–Trinajstić information content (AvgIpc) is 3.03. The molecule has 25 heavy (non-hydrogen) atoms. The van der Waals surface area contributed by atoms with Gasteiger partial charge in [0.25, 0.3) is 5.91 Å². The van der Waals surface area contributed by atoms with E-state index in [4.69, 9.17) is 9.84 Å². The molecule has 1 heterocycles. The minimum atomic E-state index is -3.33. The summed E-state index contributed by atoms with van der Waals surface area (Å²) in [5.74, 6) is -1.01. The van der Waals surface area contributed by atoms with Crippen LogP contribution in [0.3, 0.4) is 0 Å². The van der Waals surface area contributed by atoms with Crippen molar-refractivity contribution in [3.05, 3.63) is 46.8 Å². The van der Waals surface area contributed by atoms with Gasteiger partial charge in [0.1, 0.15) is 9.96 Å². The summed E-state index contributed by atoms with van der Waals surface area (Å²) in [4.78, 5) is 22.7. The maximum absolute atomic E-state index is 12.2. The van der Waals surface area contributed by atoms with Gasteiger partial charge in [-0.1, -0.05) is 12.1 Å². The zero-order valence-electron chi connectivity index (χ0n) is 13.6. The van der Waals surface area contributed by atoms with Crippen LogP contribution < -0.4 is 10.1 Å². The lowest BCUT2D eigenvalue weighted by atomic mass is 10.1. The Balaban J connectivity index is 2.01. The molecule has 1 amide bonds. The molecule has 0 fully saturated rings. The van der Waals surface area contributed by atoms with E-state index >= 15 is 0 Å². The number of aliphatic carboxylic acids is 1. The SMILES string of the molecule is CC(NC(=O)c1csc(S(C)(=O)=O)c1)c1ccc(OCC(=O)O)cc1. The molecule has 1 atom stereocenters. The molecule has 1 unspecified atom stereocenters. The first-order chi connectivity index (χ1) is 11.7. The molecule has 0 aliphatic heterocycles. The van der Waals surface area contributed by atoms with Crippen LogP contribution in [0.2, 0.25) is 0 Å². The quantitative estimate of drug-likeness (QED) is 0.758. The zero-order valence-corrected chi connectivity index (χ0v) is 15.2. The molecular formula is C16H17NO6S2. The Kier molecular flexibility index (Phi) is 5.81. The molecular weight excluding hydrogens is 366 g/mol. The summed E-state index contributed by atoms with van der Waals surface area (Å²) in [5, 5.41) is 12.9. The van der Waals surface area contributed by atoms with Crippen LogP contribution in [0.25, 0.3) is 0 Å². The number of rotatable bonds is 7. The smallest absolute Gasteiger partial charge is 0.341 e. The summed E-state index contributed by atoms with van der Waals surface area (Å²) in [6, 6.07) is 7.71. The maximum atomic E-state index is 12.2. The standard InChI is InChI=1S/C16H17NO6S2/c1-10(11-3-5-13(6-4-11)23-8-14(18)19)17-16(20)12-7-15(24-9-12)25(2,21)22/h3-7,9-10H,8H2,1-2H3,(H,17,20)(H,18,19). The largest absolute Gasteiger partial charge is 0.482 e. The Bertz CT molecular complexity index is 870. The van der Waals surface area contributed by atoms with E-state index in [1.807, 2.05) is 0 Å². The second kappa shape index (κ2) is 7.66. The van der Waals surface area contributed by atoms with Gasteiger partial charge in [0, 0.05) is 11.6 Å². The average molecular weight is 383 g/mol. The highest BCUT2D eigenvalue weighted by atomic mass is 32.2. The Hall–Kier alpha value is -2.39. The molecule has 7 nitrogen and oxygen atoms in total. The minimum absolute atomic E-state index is 0.144. The van der Waals surface area contributed by atoms with Gasteiger partial charge in [-0.25, -0.2) is 13.2 Å². The van der Waals surface area contributed by atoms with Gasteiger partial charge in [0.2, 0.25) is 0 Å². The van der Waals surface area contributed by atoms with Crippen molar-refractivity contribution in [2.45, 2.75) is 17.2 Å². The van der Waals surface area contributed by atoms with E-state index < -0.39 is 22.4 Å². The van der Waals surface area contributed by atoms with Crippen molar-refractivity contribution in [1.29, 1.82) is 0 Å². The fourth-order valence-corrected chi connectivity index (χ4v) is 3.79. The first-order valence-electron chi connectivity index (χ1n) is 7.21. The van der Waals surface area contributed by atoms with Crippen molar-refractivity contribution in [2.75, 3.05) is 12.9 Å². The number of ether oxygens (including phenoxy) is 1. The number of thiophene rings is 1. The van der Waals surface area contributed by atoms with E-state index in [2.05, 4.69) is 5.32 Å². The van der Waals surface area contributed by atoms with E-state index in [0.29, 0.717) is 11.3 Å². The molecule has 1 aromatic heterocycles. The van der Waals surface area contributed by atoms with Gasteiger partial charge in [0.15, 0.2) is 16.4 Å². The van der Waals surface area contributed by atoms with Crippen LogP contribution in [0.5, 0.6) is 5.75 Å². The topological polar surface area (TPSA) is 110 Å². The summed E-state index contributed by atoms with van der Waals surface area (Å²) in [6.45, 7) is 1.36. The molecule has 1 aromatic carbocycles. The van der Waals surface area contributed by atoms with Gasteiger partial charge in [-0.3, -0.25) is 4.79 Å². The minimum Gasteiger partial charge on any atom is -0.482 e. The van der Waals surface area contributed by atoms with Crippen molar-refractivity contribution >= 4 is 33.1 Å². The predicted octanol–water partition coefficient (Wildman–Crippen LogP) is 2.11. The van der Waals surface area contributed by atoms with Crippen LogP contribution in [-0.4, -0.2) is 38.3 Å². The first-order valence-corrected chi connectivity index (χ1v) is 9.98. The molecule has 0 spiro atoms. The van der Waals surface area contributed by atoms with Crippen LogP contribution >= 0.6 is 11.3 Å². The fraction of sp³-hybridized carbons (Fsp3) is 0.250. The molecule has 2 aromatic rings. The van der Waals surface area contributed by atoms with Gasteiger partial charge in [-0.15, -0.1) is 11.3 Å². The van der Waals surface area contributed by atoms with E-state index in [1.165, 1.54) is 11.4 Å². The molecule has 2 N–H and O–H groups in total. The lowest BCUT2D eigenvalue weighted by Crippen LogP contribution is -2.26. The van der Waals surface area contributed by atoms with E-state index in [0.717, 1.165) is 23.2 Å². The molecule has 134 valence electrons. The number of carboxylic acid groups (broad SMARTS) is 1. The highest BCUT2D eigenvalue weighted by molar-refractivity contribution is 7.92. The number of carbonyl (C=O) groups is 2. The van der Waals surface area contributed by atoms with E-state index in [1.54, 1.807) is 31.2 Å². The Morgan fingerprint density at radius 3 is 2.44 bits per heavy atom. The summed E-state index contributed by atoms with van der Waals surface area (Å²) < 4.78 is 28.1. The van der Waals surface area contributed by atoms with Gasteiger partial charge >= 0.3 is 5.97 Å². The van der Waals surface area contributed by atoms with E-state index in [9.17, 15) is 18.0 Å². The first kappa shape index (κ1) is 18.9. The molecule has 0 saturated carbocycles. The second-order valence-corrected chi connectivity index (χ2v) is 8.53. The molecule has 0 saturated heterocycles. The number of nitrogens with one attached hydrogen (secondary N) is 1. The van der Waals surface area contributed by atoms with Crippen molar-refractivity contribution < 1.29 is 27.9 Å². The van der Waals surface area contributed by atoms with E-state index in [-0.39, 0.29) is 16.2 Å². The third kappa shape index (κ3) is 5.30. The van der Waals surface area contributed by atoms with Crippen LogP contribution in [0, 0.1) is 0 Å². The number of benzene rings is 1. The summed E-state index contributed by atoms with van der Waals surface area (Å²) in [6.07, 6.45) is 1.09. The van der Waals surface area contributed by atoms with Crippen molar-refractivity contribution in [3.8, 4) is 5.75 Å². The normalized spacial score (nSPS) is 12.4. The van der Waals surface area contributed by atoms with Gasteiger partial charge in [-0.2, -0.15) is 0 Å². The number of hydrogen-bond donors (Lipinski definition) is 2. The van der Waals surface area contributed by atoms with Crippen molar-refractivity contribution in [2.24, 2.45) is 0 Å². The number of amides is 1. The number of carbonyl (C=O) groups excluding carboxylic acids is 1. The monoisotopic (exact) mass is 383 g/mol. The lowest BCUT2D eigenvalue weighted by molar-refractivity contribution is -0.139. The lowest BCUT2D eigenvalue weighted by Gasteiger charge is -2.14. The van der Waals surface area contributed by atoms with Crippen molar-refractivity contribution in [1.82, 2.24) is 5.32 Å². The van der Waals surface area contributed by atoms with Crippen LogP contribution in [0.15, 0.2) is 39.9 Å². The number of hydrogen-bond acceptors (Lipinski definition) is 6. The van der Waals surface area contributed by atoms with Crippen LogP contribution in [0.1, 0.15) is 28.9 Å². The van der Waals surface area contributed by atoms with Crippen LogP contribution in [0.4, 0.5) is 0 Å². The highest BCUT2D eigenvalue weighted by Crippen LogP contribution is 2.22. The van der Waals surface area contributed by atoms with Gasteiger partial charge in [-0.05, 0) is 30.7 Å². The second-order valence-electron chi connectivity index (χ2n) is 5.37. The molecule has 0 aliphatic rings. The Morgan fingerprint density at radius 1 is 1.28 bits per heavy atom. The molecule has 9 heteroatoms. The molecule has 2 rings (SSSR count). The fourth-order valence-electron chi connectivity index (χ4n) is 1.99. The summed E-state index contributed by atoms with van der Waals surface area (Å²) in [5.41, 5.74) is 1.09. The molecule has 0 radical (unpaired) electrons. The summed E-state index contributed by atoms with van der Waals surface area (Å²) >= 11 is 1.00. The van der Waals surface area contributed by atoms with Gasteiger partial charge in [0.05, 0.1) is 11.6 Å². The molecule has 0 aliphatic carbocycles. The Morgan fingerprint density at radius 2 is 1.92 bits per heavy atom. The highest BCUT2D eigenvalue weighted by Gasteiger charge is 2.17.